The Kier molecular flexibility index (Phi) is 5.23. The van der Waals surface area contributed by atoms with Crippen molar-refractivity contribution in [3.63, 3.8) is 0 Å². The summed E-state index contributed by atoms with van der Waals surface area (Å²) in [7, 11) is -3.40. The summed E-state index contributed by atoms with van der Waals surface area (Å²) in [5.74, 6) is 0.497. The van der Waals surface area contributed by atoms with E-state index in [4.69, 9.17) is 5.73 Å². The van der Waals surface area contributed by atoms with Crippen molar-refractivity contribution in [1.82, 2.24) is 4.31 Å². The molecule has 1 unspecified atom stereocenters. The van der Waals surface area contributed by atoms with Crippen LogP contribution in [0, 0.1) is 5.92 Å². The zero-order chi connectivity index (χ0) is 14.8. The number of halogens is 1. The van der Waals surface area contributed by atoms with Gasteiger partial charge in [0.05, 0.1) is 4.90 Å². The second kappa shape index (κ2) is 6.56. The number of nitrogens with zero attached hydrogens (tertiary/aromatic N) is 1. The highest BCUT2D eigenvalue weighted by atomic mass is 79.9. The van der Waals surface area contributed by atoms with Gasteiger partial charge in [0.1, 0.15) is 0 Å². The summed E-state index contributed by atoms with van der Waals surface area (Å²) >= 11 is 3.36. The van der Waals surface area contributed by atoms with Crippen molar-refractivity contribution in [3.8, 4) is 0 Å². The summed E-state index contributed by atoms with van der Waals surface area (Å²) in [6, 6.07) is 5.21. The highest BCUT2D eigenvalue weighted by Gasteiger charge is 2.33. The molecule has 1 aromatic rings. The third-order valence-electron chi connectivity index (χ3n) is 3.80. The van der Waals surface area contributed by atoms with Gasteiger partial charge in [-0.3, -0.25) is 0 Å². The van der Waals surface area contributed by atoms with Crippen LogP contribution in [0.15, 0.2) is 27.6 Å². The molecular formula is C14H21BrN2O2S. The Morgan fingerprint density at radius 2 is 2.20 bits per heavy atom. The van der Waals surface area contributed by atoms with Crippen LogP contribution in [-0.2, 0) is 16.6 Å². The van der Waals surface area contributed by atoms with Gasteiger partial charge in [-0.2, -0.15) is 4.31 Å². The first-order valence-corrected chi connectivity index (χ1v) is 9.21. The van der Waals surface area contributed by atoms with Gasteiger partial charge in [-0.05, 0) is 52.4 Å². The predicted octanol–water partition coefficient (Wildman–Crippen LogP) is 2.72. The van der Waals surface area contributed by atoms with E-state index < -0.39 is 10.0 Å². The van der Waals surface area contributed by atoms with Crippen LogP contribution in [0.2, 0.25) is 0 Å². The number of rotatable bonds is 5. The summed E-state index contributed by atoms with van der Waals surface area (Å²) in [5.41, 5.74) is 6.49. The number of benzene rings is 1. The van der Waals surface area contributed by atoms with Gasteiger partial charge in [-0.1, -0.05) is 19.4 Å². The molecule has 0 saturated carbocycles. The quantitative estimate of drug-likeness (QED) is 0.877. The SMILES string of the molecule is CCCC1CCN(S(=O)(=O)c2ccc(CN)cc2Br)C1. The monoisotopic (exact) mass is 360 g/mol. The van der Waals surface area contributed by atoms with Crippen molar-refractivity contribution in [3.05, 3.63) is 28.2 Å². The minimum absolute atomic E-state index is 0.340. The molecule has 1 aliphatic rings. The lowest BCUT2D eigenvalue weighted by Gasteiger charge is -2.18. The van der Waals surface area contributed by atoms with E-state index in [0.717, 1.165) is 24.8 Å². The molecule has 1 atom stereocenters. The van der Waals surface area contributed by atoms with Crippen molar-refractivity contribution in [2.24, 2.45) is 11.7 Å². The van der Waals surface area contributed by atoms with Gasteiger partial charge < -0.3 is 5.73 Å². The lowest BCUT2D eigenvalue weighted by molar-refractivity contribution is 0.444. The molecule has 1 aliphatic heterocycles. The second-order valence-electron chi connectivity index (χ2n) is 5.28. The molecule has 1 heterocycles. The van der Waals surface area contributed by atoms with Gasteiger partial charge in [0.25, 0.3) is 0 Å². The fraction of sp³-hybridized carbons (Fsp3) is 0.571. The van der Waals surface area contributed by atoms with Crippen molar-refractivity contribution < 1.29 is 8.42 Å². The highest BCUT2D eigenvalue weighted by molar-refractivity contribution is 9.10. The first kappa shape index (κ1) is 15.9. The molecule has 4 nitrogen and oxygen atoms in total. The lowest BCUT2D eigenvalue weighted by atomic mass is 10.0. The van der Waals surface area contributed by atoms with E-state index in [0.29, 0.717) is 34.9 Å². The number of sulfonamides is 1. The van der Waals surface area contributed by atoms with Gasteiger partial charge in [-0.15, -0.1) is 0 Å². The fourth-order valence-corrected chi connectivity index (χ4v) is 5.30. The van der Waals surface area contributed by atoms with Gasteiger partial charge in [-0.25, -0.2) is 8.42 Å². The fourth-order valence-electron chi connectivity index (χ4n) is 2.68. The maximum absolute atomic E-state index is 12.7. The Labute approximate surface area is 129 Å². The van der Waals surface area contributed by atoms with E-state index in [-0.39, 0.29) is 0 Å². The molecule has 1 aromatic carbocycles. The van der Waals surface area contributed by atoms with E-state index in [1.165, 1.54) is 0 Å². The van der Waals surface area contributed by atoms with Gasteiger partial charge in [0, 0.05) is 24.1 Å². The molecule has 20 heavy (non-hydrogen) atoms. The maximum atomic E-state index is 12.7. The molecule has 0 radical (unpaired) electrons. The minimum Gasteiger partial charge on any atom is -0.326 e. The summed E-state index contributed by atoms with van der Waals surface area (Å²) < 4.78 is 27.5. The predicted molar refractivity (Wildman–Crippen MR) is 83.8 cm³/mol. The third kappa shape index (κ3) is 3.24. The summed E-state index contributed by atoms with van der Waals surface area (Å²) in [5, 5.41) is 0. The Balaban J connectivity index is 2.23. The van der Waals surface area contributed by atoms with Crippen LogP contribution in [-0.4, -0.2) is 25.8 Å². The summed E-state index contributed by atoms with van der Waals surface area (Å²) in [4.78, 5) is 0.340. The first-order valence-electron chi connectivity index (χ1n) is 6.97. The summed E-state index contributed by atoms with van der Waals surface area (Å²) in [6.07, 6.45) is 3.16. The Morgan fingerprint density at radius 3 is 2.80 bits per heavy atom. The molecule has 6 heteroatoms. The van der Waals surface area contributed by atoms with Gasteiger partial charge >= 0.3 is 0 Å². The topological polar surface area (TPSA) is 63.4 Å². The van der Waals surface area contributed by atoms with E-state index in [1.807, 2.05) is 0 Å². The number of nitrogens with two attached hydrogens (primary N) is 1. The van der Waals surface area contributed by atoms with Crippen LogP contribution in [0.1, 0.15) is 31.7 Å². The zero-order valence-corrected chi connectivity index (χ0v) is 14.1. The first-order chi connectivity index (χ1) is 9.48. The molecular weight excluding hydrogens is 340 g/mol. The zero-order valence-electron chi connectivity index (χ0n) is 11.7. The molecule has 0 amide bonds. The summed E-state index contributed by atoms with van der Waals surface area (Å²) in [6.45, 7) is 3.81. The lowest BCUT2D eigenvalue weighted by Crippen LogP contribution is -2.29. The largest absolute Gasteiger partial charge is 0.326 e. The van der Waals surface area contributed by atoms with Crippen LogP contribution in [0.3, 0.4) is 0 Å². The Bertz CT molecular complexity index is 575. The Morgan fingerprint density at radius 1 is 1.45 bits per heavy atom. The van der Waals surface area contributed by atoms with Crippen LogP contribution in [0.4, 0.5) is 0 Å². The van der Waals surface area contributed by atoms with Gasteiger partial charge in [0.2, 0.25) is 10.0 Å². The van der Waals surface area contributed by atoms with Crippen molar-refractivity contribution in [1.29, 1.82) is 0 Å². The van der Waals surface area contributed by atoms with Crippen LogP contribution in [0.25, 0.3) is 0 Å². The van der Waals surface area contributed by atoms with Crippen molar-refractivity contribution in [2.45, 2.75) is 37.6 Å². The molecule has 112 valence electrons. The maximum Gasteiger partial charge on any atom is 0.244 e. The van der Waals surface area contributed by atoms with E-state index in [2.05, 4.69) is 22.9 Å². The van der Waals surface area contributed by atoms with Crippen LogP contribution < -0.4 is 5.73 Å². The standard InChI is InChI=1S/C14H21BrN2O2S/c1-2-3-11-6-7-17(10-11)20(18,19)14-5-4-12(9-16)8-13(14)15/h4-5,8,11H,2-3,6-7,9-10,16H2,1H3. The minimum atomic E-state index is -3.40. The molecule has 0 aliphatic carbocycles. The highest BCUT2D eigenvalue weighted by Crippen LogP contribution is 2.30. The van der Waals surface area contributed by atoms with E-state index >= 15 is 0 Å². The molecule has 1 saturated heterocycles. The molecule has 0 spiro atoms. The molecule has 0 bridgehead atoms. The molecule has 2 N–H and O–H groups in total. The second-order valence-corrected chi connectivity index (χ2v) is 8.04. The van der Waals surface area contributed by atoms with Crippen LogP contribution >= 0.6 is 15.9 Å². The average Bonchev–Trinajstić information content (AvgIpc) is 2.88. The van der Waals surface area contributed by atoms with Gasteiger partial charge in [0.15, 0.2) is 0 Å². The smallest absolute Gasteiger partial charge is 0.244 e. The average molecular weight is 361 g/mol. The van der Waals surface area contributed by atoms with Crippen LogP contribution in [0.5, 0.6) is 0 Å². The normalized spacial score (nSPS) is 20.4. The molecule has 2 rings (SSSR count). The van der Waals surface area contributed by atoms with Crippen molar-refractivity contribution in [2.75, 3.05) is 13.1 Å². The third-order valence-corrected chi connectivity index (χ3v) is 6.64. The molecule has 0 aromatic heterocycles. The van der Waals surface area contributed by atoms with E-state index in [9.17, 15) is 8.42 Å². The Hall–Kier alpha value is -0.430. The number of hydrogen-bond donors (Lipinski definition) is 1. The number of hydrogen-bond acceptors (Lipinski definition) is 3. The molecule has 1 fully saturated rings. The van der Waals surface area contributed by atoms with Crippen molar-refractivity contribution >= 4 is 26.0 Å². The van der Waals surface area contributed by atoms with E-state index in [1.54, 1.807) is 22.5 Å².